The van der Waals surface area contributed by atoms with Crippen molar-refractivity contribution >= 4 is 34.6 Å². The molecule has 164 valence electrons. The summed E-state index contributed by atoms with van der Waals surface area (Å²) in [6, 6.07) is 15.0. The van der Waals surface area contributed by atoms with E-state index in [0.29, 0.717) is 5.69 Å². The van der Waals surface area contributed by atoms with Crippen LogP contribution in [-0.2, 0) is 28.9 Å². The van der Waals surface area contributed by atoms with Crippen molar-refractivity contribution < 1.29 is 22.7 Å². The quantitative estimate of drug-likeness (QED) is 0.436. The third-order valence-corrected chi connectivity index (χ3v) is 4.29. The maximum Gasteiger partial charge on any atom is 0.449 e. The molecule has 0 saturated heterocycles. The lowest BCUT2D eigenvalue weighted by Gasteiger charge is -2.11. The van der Waals surface area contributed by atoms with Crippen LogP contribution >= 0.6 is 0 Å². The van der Waals surface area contributed by atoms with Crippen molar-refractivity contribution in [2.75, 3.05) is 11.1 Å². The Balaban J connectivity index is 1.48. The number of fused-ring (bicyclic) bond motifs is 1. The van der Waals surface area contributed by atoms with E-state index in [4.69, 9.17) is 10.5 Å². The summed E-state index contributed by atoms with van der Waals surface area (Å²) in [5.74, 6) is -2.04. The molecule has 0 aliphatic heterocycles. The van der Waals surface area contributed by atoms with Crippen molar-refractivity contribution in [2.45, 2.75) is 19.3 Å². The fourth-order valence-electron chi connectivity index (χ4n) is 2.98. The molecule has 4 aromatic rings. The minimum absolute atomic E-state index is 0.0378. The zero-order valence-corrected chi connectivity index (χ0v) is 16.4. The third-order valence-electron chi connectivity index (χ3n) is 4.29. The summed E-state index contributed by atoms with van der Waals surface area (Å²) in [5, 5.41) is 2.93. The Kier molecular flexibility index (Phi) is 5.58. The number of carbonyl (C=O) groups excluding carboxylic acids is 1. The Hall–Kier alpha value is -4.22. The van der Waals surface area contributed by atoms with Crippen LogP contribution in [0.5, 0.6) is 0 Å². The summed E-state index contributed by atoms with van der Waals surface area (Å²) in [4.78, 5) is 27.9. The lowest BCUT2D eigenvalue weighted by atomic mass is 10.3. The van der Waals surface area contributed by atoms with Crippen LogP contribution in [-0.4, -0.2) is 30.5 Å². The van der Waals surface area contributed by atoms with E-state index < -0.39 is 31.1 Å². The fourth-order valence-corrected chi connectivity index (χ4v) is 2.98. The molecule has 0 aliphatic rings. The molecule has 3 N–H and O–H groups in total. The molecule has 9 nitrogen and oxygen atoms in total. The van der Waals surface area contributed by atoms with Gasteiger partial charge in [-0.25, -0.2) is 4.98 Å². The second kappa shape index (κ2) is 8.49. The lowest BCUT2D eigenvalue weighted by Crippen LogP contribution is -2.21. The third kappa shape index (κ3) is 4.74. The van der Waals surface area contributed by atoms with Crippen LogP contribution in [0.3, 0.4) is 0 Å². The first-order chi connectivity index (χ1) is 15.3. The second-order valence-corrected chi connectivity index (χ2v) is 6.59. The highest BCUT2D eigenvalue weighted by molar-refractivity contribution is 5.79. The number of aromatic nitrogens is 5. The number of nitrogen functional groups attached to an aromatic ring is 1. The maximum atomic E-state index is 13.4. The van der Waals surface area contributed by atoms with Crippen LogP contribution in [0.25, 0.3) is 11.0 Å². The predicted octanol–water partition coefficient (Wildman–Crippen LogP) is 3.31. The number of nitrogens with two attached hydrogens (primary N) is 1. The Bertz CT molecular complexity index is 1260. The zero-order valence-electron chi connectivity index (χ0n) is 16.4. The number of carbonyl (C=O) groups is 1. The highest BCUT2D eigenvalue weighted by Gasteiger charge is 2.38. The molecule has 0 bridgehead atoms. The predicted molar refractivity (Wildman–Crippen MR) is 108 cm³/mol. The average Bonchev–Trinajstić information content (AvgIpc) is 3.12. The molecule has 0 aliphatic carbocycles. The molecule has 32 heavy (non-hydrogen) atoms. The molecule has 12 heteroatoms. The number of alkyl halides is 3. The van der Waals surface area contributed by atoms with E-state index in [2.05, 4.69) is 25.3 Å². The second-order valence-electron chi connectivity index (χ2n) is 6.59. The Morgan fingerprint density at radius 3 is 2.47 bits per heavy atom. The number of imidazole rings is 1. The molecule has 0 fully saturated rings. The molecule has 2 aromatic carbocycles. The molecular weight excluding hydrogens is 427 g/mol. The van der Waals surface area contributed by atoms with Gasteiger partial charge in [0.2, 0.25) is 17.7 Å². The summed E-state index contributed by atoms with van der Waals surface area (Å²) >= 11 is 0. The van der Waals surface area contributed by atoms with Crippen molar-refractivity contribution in [2.24, 2.45) is 0 Å². The summed E-state index contributed by atoms with van der Waals surface area (Å²) < 4.78 is 46.0. The summed E-state index contributed by atoms with van der Waals surface area (Å²) in [7, 11) is 0. The summed E-state index contributed by atoms with van der Waals surface area (Å²) in [6.45, 7) is -1.09. The van der Waals surface area contributed by atoms with Crippen LogP contribution in [0.15, 0.2) is 54.6 Å². The van der Waals surface area contributed by atoms with Gasteiger partial charge in [0, 0.05) is 5.69 Å². The van der Waals surface area contributed by atoms with Gasteiger partial charge in [0.25, 0.3) is 0 Å². The van der Waals surface area contributed by atoms with E-state index in [1.54, 1.807) is 24.3 Å². The normalized spacial score (nSPS) is 11.5. The van der Waals surface area contributed by atoms with E-state index in [9.17, 15) is 18.0 Å². The number of nitrogens with one attached hydrogen (secondary N) is 1. The molecule has 4 rings (SSSR count). The van der Waals surface area contributed by atoms with Gasteiger partial charge >= 0.3 is 12.1 Å². The molecule has 0 amide bonds. The minimum Gasteiger partial charge on any atom is -0.456 e. The van der Waals surface area contributed by atoms with Crippen molar-refractivity contribution in [1.29, 1.82) is 0 Å². The van der Waals surface area contributed by atoms with Gasteiger partial charge in [-0.05, 0) is 24.3 Å². The number of ether oxygens (including phenoxy) is 1. The van der Waals surface area contributed by atoms with Crippen molar-refractivity contribution in [3.8, 4) is 0 Å². The highest BCUT2D eigenvalue weighted by Crippen LogP contribution is 2.31. The van der Waals surface area contributed by atoms with Crippen molar-refractivity contribution in [1.82, 2.24) is 24.5 Å². The monoisotopic (exact) mass is 443 g/mol. The van der Waals surface area contributed by atoms with Crippen molar-refractivity contribution in [3.63, 3.8) is 0 Å². The van der Waals surface area contributed by atoms with Gasteiger partial charge < -0.3 is 20.4 Å². The number of hydrogen-bond donors (Lipinski definition) is 2. The Labute approximate surface area is 179 Å². The van der Waals surface area contributed by atoms with Crippen LogP contribution < -0.4 is 11.1 Å². The fraction of sp³-hybridized carbons (Fsp3) is 0.150. The number of benzene rings is 2. The first-order valence-electron chi connectivity index (χ1n) is 9.30. The van der Waals surface area contributed by atoms with Crippen LogP contribution in [0.4, 0.5) is 30.8 Å². The van der Waals surface area contributed by atoms with Gasteiger partial charge in [-0.1, -0.05) is 30.3 Å². The molecule has 2 aromatic heterocycles. The highest BCUT2D eigenvalue weighted by atomic mass is 19.4. The zero-order chi connectivity index (χ0) is 22.7. The maximum absolute atomic E-state index is 13.4. The molecule has 2 heterocycles. The van der Waals surface area contributed by atoms with E-state index in [-0.39, 0.29) is 28.8 Å². The summed E-state index contributed by atoms with van der Waals surface area (Å²) in [5.41, 5.74) is 6.66. The smallest absolute Gasteiger partial charge is 0.449 e. The topological polar surface area (TPSA) is 121 Å². The minimum atomic E-state index is -4.74. The van der Waals surface area contributed by atoms with Gasteiger partial charge in [0.05, 0.1) is 11.0 Å². The van der Waals surface area contributed by atoms with E-state index in [1.165, 1.54) is 12.1 Å². The first-order valence-corrected chi connectivity index (χ1v) is 9.30. The number of rotatable bonds is 6. The standard InChI is InChI=1S/C20H16F3N7O2/c21-20(22,23)17-26-13-8-4-5-9-14(13)30(17)10-16(31)32-11-15-27-18(24)29-19(28-15)25-12-6-2-1-3-7-12/h1-9H,10-11H2,(H3,24,25,27,28,29). The van der Waals surface area contributed by atoms with Crippen LogP contribution in [0.2, 0.25) is 0 Å². The van der Waals surface area contributed by atoms with Crippen LogP contribution in [0.1, 0.15) is 11.6 Å². The van der Waals surface area contributed by atoms with E-state index in [0.717, 1.165) is 4.57 Å². The number of esters is 1. The van der Waals surface area contributed by atoms with Gasteiger partial charge in [-0.2, -0.15) is 28.1 Å². The number of nitrogens with zero attached hydrogens (tertiary/aromatic N) is 5. The lowest BCUT2D eigenvalue weighted by molar-refractivity contribution is -0.151. The molecular formula is C20H16F3N7O2. The molecule has 0 radical (unpaired) electrons. The number of halogens is 3. The average molecular weight is 443 g/mol. The Morgan fingerprint density at radius 1 is 1.00 bits per heavy atom. The van der Waals surface area contributed by atoms with Gasteiger partial charge in [0.1, 0.15) is 6.54 Å². The number of para-hydroxylation sites is 3. The molecule has 0 spiro atoms. The first kappa shape index (κ1) is 21.0. The van der Waals surface area contributed by atoms with Gasteiger partial charge in [-0.15, -0.1) is 0 Å². The van der Waals surface area contributed by atoms with Crippen molar-refractivity contribution in [3.05, 3.63) is 66.2 Å². The molecule has 0 saturated carbocycles. The number of anilines is 3. The molecule has 0 unspecified atom stereocenters. The van der Waals surface area contributed by atoms with E-state index >= 15 is 0 Å². The van der Waals surface area contributed by atoms with Crippen LogP contribution in [0, 0.1) is 0 Å². The van der Waals surface area contributed by atoms with Gasteiger partial charge in [-0.3, -0.25) is 4.79 Å². The van der Waals surface area contributed by atoms with Gasteiger partial charge in [0.15, 0.2) is 12.4 Å². The molecule has 0 atom stereocenters. The SMILES string of the molecule is Nc1nc(COC(=O)Cn2c(C(F)(F)F)nc3ccccc32)nc(Nc2ccccc2)n1. The number of hydrogen-bond acceptors (Lipinski definition) is 8. The summed E-state index contributed by atoms with van der Waals surface area (Å²) in [6.07, 6.45) is -4.74. The Morgan fingerprint density at radius 2 is 1.72 bits per heavy atom. The van der Waals surface area contributed by atoms with E-state index in [1.807, 2.05) is 18.2 Å². The largest absolute Gasteiger partial charge is 0.456 e.